The molecule has 0 aromatic carbocycles. The molecular weight excluding hydrogens is 232 g/mol. The molecule has 0 spiro atoms. The number of nitrogens with one attached hydrogen (secondary N) is 2. The van der Waals surface area contributed by atoms with Crippen LogP contribution in [-0.2, 0) is 10.0 Å². The van der Waals surface area contributed by atoms with Gasteiger partial charge in [0.05, 0.1) is 0 Å². The van der Waals surface area contributed by atoms with Crippen LogP contribution in [0.15, 0.2) is 29.8 Å². The number of carboxylic acid groups (broad SMARTS) is 1. The van der Waals surface area contributed by atoms with Gasteiger partial charge >= 0.3 is 5.97 Å². The van der Waals surface area contributed by atoms with E-state index in [9.17, 15) is 13.2 Å². The van der Waals surface area contributed by atoms with Crippen LogP contribution in [0, 0.1) is 0 Å². The number of sulfonamides is 1. The first kappa shape index (κ1) is 12.5. The van der Waals surface area contributed by atoms with Crippen molar-refractivity contribution in [3.05, 3.63) is 30.6 Å². The average molecular weight is 244 g/mol. The maximum absolute atomic E-state index is 11.6. The number of rotatable bonds is 6. The van der Waals surface area contributed by atoms with Crippen molar-refractivity contribution in [3.8, 4) is 0 Å². The number of hydrogen-bond donors (Lipinski definition) is 3. The molecule has 16 heavy (non-hydrogen) atoms. The van der Waals surface area contributed by atoms with Crippen LogP contribution in [0.4, 0.5) is 0 Å². The first-order valence-electron chi connectivity index (χ1n) is 4.49. The van der Waals surface area contributed by atoms with Gasteiger partial charge in [0.1, 0.15) is 10.6 Å². The maximum Gasteiger partial charge on any atom is 0.352 e. The van der Waals surface area contributed by atoms with Gasteiger partial charge < -0.3 is 10.1 Å². The van der Waals surface area contributed by atoms with Gasteiger partial charge in [-0.15, -0.1) is 6.58 Å². The van der Waals surface area contributed by atoms with Crippen LogP contribution < -0.4 is 4.72 Å². The summed E-state index contributed by atoms with van der Waals surface area (Å²) in [6, 6.07) is 1.07. The molecule has 0 aliphatic heterocycles. The number of carboxylic acids is 1. The molecule has 6 nitrogen and oxygen atoms in total. The van der Waals surface area contributed by atoms with Crippen molar-refractivity contribution >= 4 is 16.0 Å². The smallest absolute Gasteiger partial charge is 0.352 e. The second-order valence-corrected chi connectivity index (χ2v) is 4.80. The van der Waals surface area contributed by atoms with E-state index >= 15 is 0 Å². The molecule has 1 rings (SSSR count). The first-order chi connectivity index (χ1) is 7.47. The lowest BCUT2D eigenvalue weighted by Crippen LogP contribution is -2.24. The van der Waals surface area contributed by atoms with E-state index < -0.39 is 16.0 Å². The van der Waals surface area contributed by atoms with Crippen LogP contribution in [0.25, 0.3) is 0 Å². The molecule has 0 aliphatic rings. The van der Waals surface area contributed by atoms with Gasteiger partial charge in [-0.05, 0) is 12.5 Å². The van der Waals surface area contributed by atoms with E-state index in [0.717, 1.165) is 12.3 Å². The Morgan fingerprint density at radius 2 is 2.31 bits per heavy atom. The van der Waals surface area contributed by atoms with Gasteiger partial charge in [0.25, 0.3) is 0 Å². The summed E-state index contributed by atoms with van der Waals surface area (Å²) in [7, 11) is -3.64. The minimum absolute atomic E-state index is 0.0889. The Kier molecular flexibility index (Phi) is 3.86. The standard InChI is InChI=1S/C9H12N2O4S/c1-2-3-4-11-16(14,15)7-5-8(9(12)13)10-6-7/h2,5-6,10-11H,1,3-4H2,(H,12,13). The highest BCUT2D eigenvalue weighted by atomic mass is 32.2. The van der Waals surface area contributed by atoms with Gasteiger partial charge in [-0.1, -0.05) is 6.08 Å². The molecule has 0 radical (unpaired) electrons. The van der Waals surface area contributed by atoms with Gasteiger partial charge in [0, 0.05) is 12.7 Å². The number of aromatic carboxylic acids is 1. The highest BCUT2D eigenvalue weighted by Crippen LogP contribution is 2.10. The lowest BCUT2D eigenvalue weighted by atomic mass is 10.4. The molecule has 3 N–H and O–H groups in total. The molecule has 1 aromatic rings. The minimum Gasteiger partial charge on any atom is -0.477 e. The summed E-state index contributed by atoms with van der Waals surface area (Å²) in [6.07, 6.45) is 3.23. The van der Waals surface area contributed by atoms with Crippen LogP contribution in [0.1, 0.15) is 16.9 Å². The van der Waals surface area contributed by atoms with Crippen molar-refractivity contribution in [2.75, 3.05) is 6.54 Å². The van der Waals surface area contributed by atoms with Gasteiger partial charge in [-0.25, -0.2) is 17.9 Å². The van der Waals surface area contributed by atoms with Crippen LogP contribution in [0.2, 0.25) is 0 Å². The van der Waals surface area contributed by atoms with Crippen molar-refractivity contribution in [2.45, 2.75) is 11.3 Å². The molecular formula is C9H12N2O4S. The third-order valence-electron chi connectivity index (χ3n) is 1.84. The molecule has 0 unspecified atom stereocenters. The number of aromatic amines is 1. The highest BCUT2D eigenvalue weighted by Gasteiger charge is 2.17. The zero-order chi connectivity index (χ0) is 12.2. The van der Waals surface area contributed by atoms with Gasteiger partial charge in [0.2, 0.25) is 10.0 Å². The van der Waals surface area contributed by atoms with Crippen LogP contribution in [-0.4, -0.2) is 31.0 Å². The van der Waals surface area contributed by atoms with E-state index in [2.05, 4.69) is 16.3 Å². The summed E-state index contributed by atoms with van der Waals surface area (Å²) in [5.41, 5.74) is -0.163. The summed E-state index contributed by atoms with van der Waals surface area (Å²) >= 11 is 0. The Labute approximate surface area is 93.0 Å². The Morgan fingerprint density at radius 3 is 2.81 bits per heavy atom. The zero-order valence-electron chi connectivity index (χ0n) is 8.43. The molecule has 0 aliphatic carbocycles. The second-order valence-electron chi connectivity index (χ2n) is 3.03. The lowest BCUT2D eigenvalue weighted by Gasteiger charge is -2.01. The summed E-state index contributed by atoms with van der Waals surface area (Å²) in [4.78, 5) is 12.8. The van der Waals surface area contributed by atoms with Gasteiger partial charge in [-0.3, -0.25) is 0 Å². The van der Waals surface area contributed by atoms with Crippen LogP contribution in [0.5, 0.6) is 0 Å². The predicted molar refractivity (Wildman–Crippen MR) is 57.8 cm³/mol. The third-order valence-corrected chi connectivity index (χ3v) is 3.28. The SMILES string of the molecule is C=CCCNS(=O)(=O)c1c[nH]c(C(=O)O)c1. The maximum atomic E-state index is 11.6. The second kappa shape index (κ2) is 4.95. The Bertz CT molecular complexity index is 489. The largest absolute Gasteiger partial charge is 0.477 e. The van der Waals surface area contributed by atoms with Crippen LogP contribution in [0.3, 0.4) is 0 Å². The van der Waals surface area contributed by atoms with E-state index in [-0.39, 0.29) is 17.1 Å². The first-order valence-corrected chi connectivity index (χ1v) is 5.98. The summed E-state index contributed by atoms with van der Waals surface area (Å²) < 4.78 is 25.5. The number of hydrogen-bond acceptors (Lipinski definition) is 3. The van der Waals surface area contributed by atoms with Crippen LogP contribution >= 0.6 is 0 Å². The molecule has 0 atom stereocenters. The topological polar surface area (TPSA) is 99.3 Å². The zero-order valence-corrected chi connectivity index (χ0v) is 9.25. The number of aromatic nitrogens is 1. The summed E-state index contributed by atoms with van der Waals surface area (Å²) in [5.74, 6) is -1.20. The molecule has 0 bridgehead atoms. The van der Waals surface area contributed by atoms with E-state index in [1.165, 1.54) is 0 Å². The average Bonchev–Trinajstić information content (AvgIpc) is 2.67. The molecule has 7 heteroatoms. The van der Waals surface area contributed by atoms with Gasteiger partial charge in [-0.2, -0.15) is 0 Å². The Morgan fingerprint density at radius 1 is 1.62 bits per heavy atom. The fourth-order valence-corrected chi connectivity index (χ4v) is 2.07. The molecule has 0 saturated carbocycles. The van der Waals surface area contributed by atoms with Crippen molar-refractivity contribution in [2.24, 2.45) is 0 Å². The molecule has 0 fully saturated rings. The minimum atomic E-state index is -3.64. The van der Waals surface area contributed by atoms with E-state index in [0.29, 0.717) is 6.42 Å². The molecule has 1 heterocycles. The van der Waals surface area contributed by atoms with Crippen molar-refractivity contribution in [1.29, 1.82) is 0 Å². The third kappa shape index (κ3) is 2.94. The number of H-pyrrole nitrogens is 1. The van der Waals surface area contributed by atoms with Gasteiger partial charge in [0.15, 0.2) is 0 Å². The Hall–Kier alpha value is -1.60. The normalized spacial score (nSPS) is 11.2. The summed E-state index contributed by atoms with van der Waals surface area (Å²) in [6.45, 7) is 3.70. The van der Waals surface area contributed by atoms with Crippen molar-refractivity contribution in [3.63, 3.8) is 0 Å². The quantitative estimate of drug-likeness (QED) is 0.503. The monoisotopic (exact) mass is 244 g/mol. The summed E-state index contributed by atoms with van der Waals surface area (Å²) in [5, 5.41) is 8.62. The highest BCUT2D eigenvalue weighted by molar-refractivity contribution is 7.89. The van der Waals surface area contributed by atoms with Crippen molar-refractivity contribution in [1.82, 2.24) is 9.71 Å². The van der Waals surface area contributed by atoms with E-state index in [1.807, 2.05) is 0 Å². The Balaban J connectivity index is 2.81. The predicted octanol–water partition coefficient (Wildman–Crippen LogP) is 0.567. The molecule has 1 aromatic heterocycles. The molecule has 88 valence electrons. The number of carbonyl (C=O) groups is 1. The fraction of sp³-hybridized carbons (Fsp3) is 0.222. The molecule has 0 saturated heterocycles. The lowest BCUT2D eigenvalue weighted by molar-refractivity contribution is 0.0691. The van der Waals surface area contributed by atoms with E-state index in [1.54, 1.807) is 6.08 Å². The fourth-order valence-electron chi connectivity index (χ4n) is 1.03. The van der Waals surface area contributed by atoms with E-state index in [4.69, 9.17) is 5.11 Å². The van der Waals surface area contributed by atoms with Crippen molar-refractivity contribution < 1.29 is 18.3 Å². The molecule has 0 amide bonds.